The van der Waals surface area contributed by atoms with Crippen LogP contribution in [-0.4, -0.2) is 98.5 Å². The lowest BCUT2D eigenvalue weighted by Gasteiger charge is -2.29. The van der Waals surface area contributed by atoms with Gasteiger partial charge in [-0.3, -0.25) is 9.59 Å². The molecule has 2 unspecified atom stereocenters. The average Bonchev–Trinajstić information content (AvgIpc) is 3.09. The lowest BCUT2D eigenvalue weighted by molar-refractivity contribution is -0.162. The highest BCUT2D eigenvalue weighted by molar-refractivity contribution is 5.95. The van der Waals surface area contributed by atoms with Crippen molar-refractivity contribution in [2.75, 3.05) is 43.7 Å². The van der Waals surface area contributed by atoms with Gasteiger partial charge < -0.3 is 39.8 Å². The largest absolute Gasteiger partial charge is 0.461 e. The van der Waals surface area contributed by atoms with Crippen molar-refractivity contribution in [3.8, 4) is 0 Å². The van der Waals surface area contributed by atoms with E-state index in [-0.39, 0.29) is 6.54 Å². The minimum atomic E-state index is -1.55. The van der Waals surface area contributed by atoms with E-state index in [0.717, 1.165) is 4.57 Å². The van der Waals surface area contributed by atoms with Gasteiger partial charge in [0.25, 0.3) is 0 Å². The number of aromatic nitrogens is 3. The highest BCUT2D eigenvalue weighted by Gasteiger charge is 2.29. The molecular formula is C35H51N5O13. The van der Waals surface area contributed by atoms with Crippen LogP contribution in [0.5, 0.6) is 0 Å². The van der Waals surface area contributed by atoms with Gasteiger partial charge in [0.15, 0.2) is 0 Å². The van der Waals surface area contributed by atoms with Crippen molar-refractivity contribution in [1.29, 1.82) is 0 Å². The van der Waals surface area contributed by atoms with E-state index < -0.39 is 110 Å². The number of benzene rings is 1. The Morgan fingerprint density at radius 1 is 0.792 bits per heavy atom. The normalized spacial score (nSPS) is 12.8. The van der Waals surface area contributed by atoms with E-state index in [1.807, 2.05) is 13.8 Å². The van der Waals surface area contributed by atoms with Crippen molar-refractivity contribution < 1.29 is 48.3 Å². The first-order valence-electron chi connectivity index (χ1n) is 17.0. The molecule has 0 saturated heterocycles. The minimum absolute atomic E-state index is 0.239. The molecule has 0 spiro atoms. The zero-order chi connectivity index (χ0) is 39.9. The Balaban J connectivity index is 1.86. The number of aliphatic hydroxyl groups excluding tert-OH is 2. The molecule has 0 aliphatic heterocycles. The number of carbonyl (C=O) groups is 4. The van der Waals surface area contributed by atoms with Gasteiger partial charge in [0.05, 0.1) is 25.7 Å². The fraction of sp³-hybridized carbons (Fsp3) is 0.571. The summed E-state index contributed by atoms with van der Waals surface area (Å²) in [5, 5.41) is 26.3. The number of allylic oxidation sites excluding steroid dienone is 1. The van der Waals surface area contributed by atoms with Crippen molar-refractivity contribution >= 4 is 35.1 Å². The second kappa shape index (κ2) is 20.4. The Morgan fingerprint density at radius 3 is 1.81 bits per heavy atom. The summed E-state index contributed by atoms with van der Waals surface area (Å²) in [5.41, 5.74) is -3.70. The molecule has 0 radical (unpaired) electrons. The number of rotatable bonds is 22. The van der Waals surface area contributed by atoms with Crippen LogP contribution in [0, 0.1) is 5.41 Å². The number of amides is 2. The molecular weight excluding hydrogens is 698 g/mol. The van der Waals surface area contributed by atoms with Gasteiger partial charge in [-0.2, -0.15) is 0 Å². The van der Waals surface area contributed by atoms with Gasteiger partial charge in [-0.1, -0.05) is 39.8 Å². The summed E-state index contributed by atoms with van der Waals surface area (Å²) in [6.07, 6.45) is -0.238. The maximum Gasteiger partial charge on any atom is 0.336 e. The smallest absolute Gasteiger partial charge is 0.336 e. The van der Waals surface area contributed by atoms with Crippen molar-refractivity contribution in [3.05, 3.63) is 68.4 Å². The Labute approximate surface area is 306 Å². The Hall–Kier alpha value is -4.91. The van der Waals surface area contributed by atoms with Crippen LogP contribution in [0.15, 0.2) is 51.3 Å². The monoisotopic (exact) mass is 749 g/mol. The van der Waals surface area contributed by atoms with E-state index >= 15 is 0 Å². The first kappa shape index (κ1) is 44.3. The third-order valence-electron chi connectivity index (χ3n) is 8.27. The molecule has 0 saturated carbocycles. The molecule has 4 N–H and O–H groups in total. The predicted molar refractivity (Wildman–Crippen MR) is 192 cm³/mol. The number of aliphatic hydroxyl groups is 2. The summed E-state index contributed by atoms with van der Waals surface area (Å²) in [6.45, 7) is 10.3. The van der Waals surface area contributed by atoms with Crippen molar-refractivity contribution in [2.24, 2.45) is 5.41 Å². The van der Waals surface area contributed by atoms with Crippen LogP contribution >= 0.6 is 0 Å². The van der Waals surface area contributed by atoms with E-state index in [2.05, 4.69) is 17.2 Å². The first-order valence-corrected chi connectivity index (χ1v) is 17.0. The first-order chi connectivity index (χ1) is 24.8. The summed E-state index contributed by atoms with van der Waals surface area (Å²) in [5.74, 6) is -2.75. The van der Waals surface area contributed by atoms with E-state index in [1.165, 1.54) is 12.1 Å². The number of hydrogen-bond acceptors (Lipinski definition) is 13. The molecule has 0 bridgehead atoms. The zero-order valence-corrected chi connectivity index (χ0v) is 31.0. The van der Waals surface area contributed by atoms with Crippen molar-refractivity contribution in [2.45, 2.75) is 91.8 Å². The molecule has 294 valence electrons. The fourth-order valence-electron chi connectivity index (χ4n) is 4.36. The highest BCUT2D eigenvalue weighted by atomic mass is 16.6. The van der Waals surface area contributed by atoms with Crippen LogP contribution < -0.4 is 27.7 Å². The number of anilines is 2. The van der Waals surface area contributed by atoms with E-state index in [1.54, 1.807) is 45.9 Å². The van der Waals surface area contributed by atoms with Crippen molar-refractivity contribution in [3.63, 3.8) is 0 Å². The lowest BCUT2D eigenvalue weighted by atomic mass is 9.84. The Morgan fingerprint density at radius 2 is 1.30 bits per heavy atom. The van der Waals surface area contributed by atoms with E-state index in [9.17, 15) is 43.8 Å². The number of hydrogen-bond donors (Lipinski definition) is 4. The molecule has 18 heteroatoms. The topological polar surface area (TPSA) is 236 Å². The molecule has 0 fully saturated rings. The molecule has 2 aromatic rings. The SMILES string of the molecule is C=CCn1c(=O)n(CC(O)COC(=O)COCC(=O)Nc2cccc(NC(=O)COCC(=O)OC(C)(C)CC)c2)c(=O)n(CC(O)C(C)(C)CC)c1=O. The molecule has 0 aliphatic rings. The number of nitrogens with one attached hydrogen (secondary N) is 2. The van der Waals surface area contributed by atoms with Crippen LogP contribution in [-0.2, 0) is 57.8 Å². The van der Waals surface area contributed by atoms with Crippen LogP contribution in [0.4, 0.5) is 11.4 Å². The molecule has 0 aliphatic carbocycles. The number of esters is 2. The maximum atomic E-state index is 13.2. The maximum absolute atomic E-state index is 13.2. The molecule has 1 aromatic heterocycles. The quantitative estimate of drug-likeness (QED) is 0.0944. The van der Waals surface area contributed by atoms with Crippen LogP contribution in [0.25, 0.3) is 0 Å². The molecule has 2 atom stereocenters. The summed E-state index contributed by atoms with van der Waals surface area (Å²) in [7, 11) is 0. The number of nitrogens with zero attached hydrogens (tertiary/aromatic N) is 3. The van der Waals surface area contributed by atoms with Crippen LogP contribution in [0.2, 0.25) is 0 Å². The Bertz CT molecular complexity index is 1780. The standard InChI is InChI=1S/C35H51N5O13/c1-8-14-38-31(47)39(33(49)40(32(38)48)17-26(42)34(4,5)9-2)16-25(41)18-52-29(45)21-50-19-27(43)36-23-12-11-13-24(15-23)37-28(44)20-51-22-30(46)53-35(6,7)10-3/h8,11-13,15,25-26,41-42H,1,9-10,14,16-22H2,2-7H3,(H,36,43)(H,37,44). The summed E-state index contributed by atoms with van der Waals surface area (Å²) in [4.78, 5) is 87.7. The molecule has 2 amide bonds. The average molecular weight is 750 g/mol. The predicted octanol–water partition coefficient (Wildman–Crippen LogP) is 0.401. The lowest BCUT2D eigenvalue weighted by Crippen LogP contribution is -2.57. The molecule has 1 aromatic carbocycles. The minimum Gasteiger partial charge on any atom is -0.461 e. The number of carbonyl (C=O) groups excluding carboxylic acids is 4. The van der Waals surface area contributed by atoms with E-state index in [4.69, 9.17) is 18.9 Å². The van der Waals surface area contributed by atoms with E-state index in [0.29, 0.717) is 33.4 Å². The molecule has 53 heavy (non-hydrogen) atoms. The third-order valence-corrected chi connectivity index (χ3v) is 8.27. The van der Waals surface area contributed by atoms with Crippen molar-refractivity contribution in [1.82, 2.24) is 13.7 Å². The Kier molecular flexibility index (Phi) is 17.0. The second-order valence-corrected chi connectivity index (χ2v) is 13.4. The van der Waals surface area contributed by atoms with Gasteiger partial charge in [0, 0.05) is 11.4 Å². The third kappa shape index (κ3) is 14.2. The summed E-state index contributed by atoms with van der Waals surface area (Å²) < 4.78 is 22.5. The van der Waals surface area contributed by atoms with Crippen LogP contribution in [0.3, 0.4) is 0 Å². The van der Waals surface area contributed by atoms with Gasteiger partial charge in [-0.15, -0.1) is 6.58 Å². The molecule has 2 rings (SSSR count). The number of ether oxygens (including phenoxy) is 4. The highest BCUT2D eigenvalue weighted by Crippen LogP contribution is 2.25. The second-order valence-electron chi connectivity index (χ2n) is 13.4. The van der Waals surface area contributed by atoms with Gasteiger partial charge in [0.1, 0.15) is 44.7 Å². The fourth-order valence-corrected chi connectivity index (χ4v) is 4.36. The molecule has 18 nitrogen and oxygen atoms in total. The van der Waals surface area contributed by atoms with Crippen LogP contribution in [0.1, 0.15) is 54.4 Å². The van der Waals surface area contributed by atoms with Gasteiger partial charge in [-0.05, 0) is 50.3 Å². The summed E-state index contributed by atoms with van der Waals surface area (Å²) >= 11 is 0. The van der Waals surface area contributed by atoms with Gasteiger partial charge >= 0.3 is 29.0 Å². The summed E-state index contributed by atoms with van der Waals surface area (Å²) in [6, 6.07) is 6.13. The molecule has 1 heterocycles. The zero-order valence-electron chi connectivity index (χ0n) is 31.0. The van der Waals surface area contributed by atoms with Gasteiger partial charge in [0.2, 0.25) is 11.8 Å². The van der Waals surface area contributed by atoms with Gasteiger partial charge in [-0.25, -0.2) is 37.7 Å².